The molecule has 7 heteroatoms. The van der Waals surface area contributed by atoms with Crippen LogP contribution in [0, 0.1) is 0 Å². The molecule has 0 aliphatic carbocycles. The van der Waals surface area contributed by atoms with Gasteiger partial charge in [0.1, 0.15) is 5.69 Å². The van der Waals surface area contributed by atoms with Gasteiger partial charge in [-0.3, -0.25) is 24.0 Å². The molecule has 1 aromatic heterocycles. The highest BCUT2D eigenvalue weighted by Gasteiger charge is 2.48. The lowest BCUT2D eigenvalue weighted by molar-refractivity contribution is -0.142. The standard InChI is InChI=1S/C22H24N4O3/c1-24-19(13-18(23-24)14-5-3-2-4-6-14)22(29)25-15-7-8-16(25)12-17(11-15)26-20(27)9-10-21(26)28/h2-6,13,15-17H,7-12H2,1H3/t15-,16-/m0/s1. The van der Waals surface area contributed by atoms with E-state index in [9.17, 15) is 14.4 Å². The average molecular weight is 392 g/mol. The van der Waals surface area contributed by atoms with Gasteiger partial charge in [0.2, 0.25) is 11.8 Å². The highest BCUT2D eigenvalue weighted by Crippen LogP contribution is 2.40. The molecule has 150 valence electrons. The van der Waals surface area contributed by atoms with Gasteiger partial charge in [0.25, 0.3) is 5.91 Å². The lowest BCUT2D eigenvalue weighted by Gasteiger charge is -2.41. The van der Waals surface area contributed by atoms with Crippen LogP contribution in [0.3, 0.4) is 0 Å². The van der Waals surface area contributed by atoms with Crippen LogP contribution in [0.1, 0.15) is 49.0 Å². The fourth-order valence-electron chi connectivity index (χ4n) is 5.24. The number of nitrogens with zero attached hydrogens (tertiary/aromatic N) is 4. The maximum Gasteiger partial charge on any atom is 0.272 e. The average Bonchev–Trinajstić information content (AvgIpc) is 3.35. The number of amides is 3. The number of aryl methyl sites for hydroxylation is 1. The molecule has 0 spiro atoms. The molecular weight excluding hydrogens is 368 g/mol. The van der Waals surface area contributed by atoms with Crippen molar-refractivity contribution in [3.05, 3.63) is 42.1 Å². The van der Waals surface area contributed by atoms with E-state index in [1.165, 1.54) is 4.90 Å². The van der Waals surface area contributed by atoms with Crippen LogP contribution in [0.5, 0.6) is 0 Å². The van der Waals surface area contributed by atoms with E-state index in [4.69, 9.17) is 0 Å². The number of carbonyl (C=O) groups excluding carboxylic acids is 3. The molecule has 0 radical (unpaired) electrons. The molecule has 0 saturated carbocycles. The molecule has 4 heterocycles. The number of likely N-dealkylation sites (tertiary alicyclic amines) is 1. The molecule has 3 aliphatic rings. The third-order valence-electron chi connectivity index (χ3n) is 6.57. The molecule has 7 nitrogen and oxygen atoms in total. The molecule has 2 atom stereocenters. The van der Waals surface area contributed by atoms with Gasteiger partial charge in [-0.15, -0.1) is 0 Å². The first-order valence-electron chi connectivity index (χ1n) is 10.3. The maximum absolute atomic E-state index is 13.4. The third kappa shape index (κ3) is 2.96. The topological polar surface area (TPSA) is 75.5 Å². The summed E-state index contributed by atoms with van der Waals surface area (Å²) in [7, 11) is 1.80. The van der Waals surface area contributed by atoms with Crippen molar-refractivity contribution in [2.24, 2.45) is 7.05 Å². The van der Waals surface area contributed by atoms with Gasteiger partial charge in [0, 0.05) is 43.6 Å². The molecule has 3 aliphatic heterocycles. The number of rotatable bonds is 3. The lowest BCUT2D eigenvalue weighted by Crippen LogP contribution is -2.53. The van der Waals surface area contributed by atoms with Gasteiger partial charge in [-0.2, -0.15) is 5.10 Å². The van der Waals surface area contributed by atoms with Crippen molar-refractivity contribution in [2.75, 3.05) is 0 Å². The van der Waals surface area contributed by atoms with Crippen LogP contribution < -0.4 is 0 Å². The smallest absolute Gasteiger partial charge is 0.272 e. The molecule has 0 unspecified atom stereocenters. The first-order chi connectivity index (χ1) is 14.0. The Hall–Kier alpha value is -2.96. The fraction of sp³-hybridized carbons (Fsp3) is 0.455. The number of hydrogen-bond donors (Lipinski definition) is 0. The Labute approximate surface area is 169 Å². The quantitative estimate of drug-likeness (QED) is 0.752. The Kier molecular flexibility index (Phi) is 4.26. The second-order valence-electron chi connectivity index (χ2n) is 8.28. The number of piperidine rings is 1. The lowest BCUT2D eigenvalue weighted by atomic mass is 9.95. The van der Waals surface area contributed by atoms with Gasteiger partial charge >= 0.3 is 0 Å². The molecule has 3 fully saturated rings. The van der Waals surface area contributed by atoms with Gasteiger partial charge in [-0.1, -0.05) is 30.3 Å². The number of aromatic nitrogens is 2. The Balaban J connectivity index is 1.38. The van der Waals surface area contributed by atoms with Crippen molar-refractivity contribution in [3.8, 4) is 11.3 Å². The van der Waals surface area contributed by atoms with Crippen LogP contribution in [0.25, 0.3) is 11.3 Å². The van der Waals surface area contributed by atoms with Gasteiger partial charge < -0.3 is 4.90 Å². The normalized spacial score (nSPS) is 26.4. The summed E-state index contributed by atoms with van der Waals surface area (Å²) >= 11 is 0. The van der Waals surface area contributed by atoms with Crippen LogP contribution in [-0.2, 0) is 16.6 Å². The Morgan fingerprint density at radius 2 is 1.59 bits per heavy atom. The van der Waals surface area contributed by atoms with Crippen molar-refractivity contribution in [3.63, 3.8) is 0 Å². The summed E-state index contributed by atoms with van der Waals surface area (Å²) in [6.07, 6.45) is 3.86. The number of imide groups is 1. The second kappa shape index (κ2) is 6.83. The monoisotopic (exact) mass is 392 g/mol. The summed E-state index contributed by atoms with van der Waals surface area (Å²) < 4.78 is 1.66. The predicted octanol–water partition coefficient (Wildman–Crippen LogP) is 2.37. The van der Waals surface area contributed by atoms with E-state index in [1.807, 2.05) is 41.3 Å². The van der Waals surface area contributed by atoms with E-state index >= 15 is 0 Å². The highest BCUT2D eigenvalue weighted by atomic mass is 16.2. The molecule has 0 N–H and O–H groups in total. The molecule has 2 bridgehead atoms. The molecule has 29 heavy (non-hydrogen) atoms. The van der Waals surface area contributed by atoms with E-state index in [0.717, 1.165) is 24.1 Å². The van der Waals surface area contributed by atoms with Crippen molar-refractivity contribution in [2.45, 2.75) is 56.7 Å². The summed E-state index contributed by atoms with van der Waals surface area (Å²) in [5.41, 5.74) is 2.34. The SMILES string of the molecule is Cn1nc(-c2ccccc2)cc1C(=O)N1[C@H]2CC[C@H]1CC(N1C(=O)CCC1=O)C2. The van der Waals surface area contributed by atoms with Crippen molar-refractivity contribution in [1.29, 1.82) is 0 Å². The summed E-state index contributed by atoms with van der Waals surface area (Å²) in [5.74, 6) is -0.121. The molecule has 3 saturated heterocycles. The minimum Gasteiger partial charge on any atom is -0.331 e. The van der Waals surface area contributed by atoms with Gasteiger partial charge in [-0.25, -0.2) is 0 Å². The number of fused-ring (bicyclic) bond motifs is 2. The first-order valence-corrected chi connectivity index (χ1v) is 10.3. The van der Waals surface area contributed by atoms with E-state index < -0.39 is 0 Å². The van der Waals surface area contributed by atoms with Crippen LogP contribution in [-0.4, -0.2) is 55.4 Å². The van der Waals surface area contributed by atoms with Crippen LogP contribution in [0.15, 0.2) is 36.4 Å². The van der Waals surface area contributed by atoms with Crippen LogP contribution in [0.4, 0.5) is 0 Å². The number of hydrogen-bond acceptors (Lipinski definition) is 4. The minimum absolute atomic E-state index is 0.00722. The highest BCUT2D eigenvalue weighted by molar-refractivity contribution is 6.02. The Morgan fingerprint density at radius 1 is 0.966 bits per heavy atom. The largest absolute Gasteiger partial charge is 0.331 e. The maximum atomic E-state index is 13.4. The van der Waals surface area contributed by atoms with E-state index in [-0.39, 0.29) is 35.8 Å². The van der Waals surface area contributed by atoms with Crippen LogP contribution >= 0.6 is 0 Å². The second-order valence-corrected chi connectivity index (χ2v) is 8.28. The van der Waals surface area contributed by atoms with E-state index in [0.29, 0.717) is 31.4 Å². The summed E-state index contributed by atoms with van der Waals surface area (Å²) in [5, 5.41) is 4.54. The van der Waals surface area contributed by atoms with E-state index in [2.05, 4.69) is 5.10 Å². The Morgan fingerprint density at radius 3 is 2.21 bits per heavy atom. The number of benzene rings is 1. The molecule has 5 rings (SSSR count). The van der Waals surface area contributed by atoms with Crippen molar-refractivity contribution >= 4 is 17.7 Å². The van der Waals surface area contributed by atoms with Crippen molar-refractivity contribution in [1.82, 2.24) is 19.6 Å². The zero-order valence-electron chi connectivity index (χ0n) is 16.5. The minimum atomic E-state index is -0.0644. The van der Waals surface area contributed by atoms with Crippen molar-refractivity contribution < 1.29 is 14.4 Å². The first kappa shape index (κ1) is 18.1. The van der Waals surface area contributed by atoms with Gasteiger partial charge in [-0.05, 0) is 31.7 Å². The van der Waals surface area contributed by atoms with E-state index in [1.54, 1.807) is 11.7 Å². The summed E-state index contributed by atoms with van der Waals surface area (Å²) in [4.78, 5) is 41.2. The van der Waals surface area contributed by atoms with Gasteiger partial charge in [0.15, 0.2) is 0 Å². The van der Waals surface area contributed by atoms with Gasteiger partial charge in [0.05, 0.1) is 5.69 Å². The fourth-order valence-corrected chi connectivity index (χ4v) is 5.24. The molecule has 3 amide bonds. The Bertz CT molecular complexity index is 953. The third-order valence-corrected chi connectivity index (χ3v) is 6.57. The zero-order valence-corrected chi connectivity index (χ0v) is 16.5. The predicted molar refractivity (Wildman–Crippen MR) is 106 cm³/mol. The summed E-state index contributed by atoms with van der Waals surface area (Å²) in [6, 6.07) is 11.8. The molecule has 1 aromatic carbocycles. The summed E-state index contributed by atoms with van der Waals surface area (Å²) in [6.45, 7) is 0. The zero-order chi connectivity index (χ0) is 20.1. The number of carbonyl (C=O) groups is 3. The molecular formula is C22H24N4O3. The molecule has 2 aromatic rings. The van der Waals surface area contributed by atoms with Crippen LogP contribution in [0.2, 0.25) is 0 Å².